The van der Waals surface area contributed by atoms with Crippen LogP contribution in [0.5, 0.6) is 5.75 Å². The molecule has 1 fully saturated rings. The summed E-state index contributed by atoms with van der Waals surface area (Å²) in [5.41, 5.74) is 7.13. The Bertz CT molecular complexity index is 599. The Morgan fingerprint density at radius 3 is 2.79 bits per heavy atom. The Morgan fingerprint density at radius 1 is 1.53 bits per heavy atom. The molecule has 0 radical (unpaired) electrons. The molecule has 1 aliphatic heterocycles. The molecule has 0 bridgehead atoms. The highest BCUT2D eigenvalue weighted by atomic mass is 32.2. The van der Waals surface area contributed by atoms with Crippen molar-refractivity contribution in [3.63, 3.8) is 0 Å². The van der Waals surface area contributed by atoms with Gasteiger partial charge >= 0.3 is 0 Å². The predicted molar refractivity (Wildman–Crippen MR) is 77.7 cm³/mol. The number of hydrogen-bond donors (Lipinski definition) is 1. The van der Waals surface area contributed by atoms with Gasteiger partial charge in [-0.1, -0.05) is 18.3 Å². The van der Waals surface area contributed by atoms with E-state index in [9.17, 15) is 8.42 Å². The van der Waals surface area contributed by atoms with Gasteiger partial charge in [-0.3, -0.25) is 0 Å². The van der Waals surface area contributed by atoms with Crippen molar-refractivity contribution in [3.05, 3.63) is 29.3 Å². The van der Waals surface area contributed by atoms with Crippen molar-refractivity contribution in [2.24, 2.45) is 5.73 Å². The number of hydrogen-bond acceptors (Lipinski definition) is 4. The van der Waals surface area contributed by atoms with Gasteiger partial charge in [0.1, 0.15) is 10.7 Å². The maximum absolute atomic E-state index is 11.8. The monoisotopic (exact) mass is 300 g/mol. The molecule has 2 N–H and O–H groups in total. The Balaban J connectivity index is 2.27. The lowest BCUT2D eigenvalue weighted by molar-refractivity contribution is 0.412. The molecule has 104 valence electrons. The van der Waals surface area contributed by atoms with E-state index in [2.05, 4.69) is 0 Å². The zero-order chi connectivity index (χ0) is 14.0. The molecule has 0 amide bonds. The van der Waals surface area contributed by atoms with Gasteiger partial charge in [0.15, 0.2) is 0 Å². The minimum absolute atomic E-state index is 0.227. The third-order valence-electron chi connectivity index (χ3n) is 3.09. The molecule has 7 heteroatoms. The average Bonchev–Trinajstić information content (AvgIpc) is 2.68. The normalized spacial score (nSPS) is 18.4. The van der Waals surface area contributed by atoms with Crippen LogP contribution in [0.3, 0.4) is 0 Å². The second-order valence-electron chi connectivity index (χ2n) is 4.40. The first-order valence-corrected chi connectivity index (χ1v) is 7.90. The van der Waals surface area contributed by atoms with E-state index in [4.69, 9.17) is 22.7 Å². The summed E-state index contributed by atoms with van der Waals surface area (Å²) in [6.45, 7) is 0.915. The van der Waals surface area contributed by atoms with Crippen LogP contribution in [0.2, 0.25) is 0 Å². The van der Waals surface area contributed by atoms with Crippen molar-refractivity contribution >= 4 is 27.2 Å². The lowest BCUT2D eigenvalue weighted by atomic mass is 10.1. The van der Waals surface area contributed by atoms with Crippen LogP contribution < -0.4 is 10.5 Å². The Kier molecular flexibility index (Phi) is 4.07. The van der Waals surface area contributed by atoms with E-state index >= 15 is 0 Å². The molecule has 1 heterocycles. The first-order chi connectivity index (χ1) is 8.94. The first kappa shape index (κ1) is 14.2. The van der Waals surface area contributed by atoms with Crippen molar-refractivity contribution in [1.29, 1.82) is 0 Å². The molecule has 5 nitrogen and oxygen atoms in total. The number of nitrogens with zero attached hydrogens (tertiary/aromatic N) is 1. The fourth-order valence-corrected chi connectivity index (χ4v) is 3.78. The van der Waals surface area contributed by atoms with E-state index in [0.29, 0.717) is 30.8 Å². The van der Waals surface area contributed by atoms with Crippen LogP contribution >= 0.6 is 12.2 Å². The summed E-state index contributed by atoms with van der Waals surface area (Å²) in [6, 6.07) is 5.37. The zero-order valence-electron chi connectivity index (χ0n) is 10.6. The zero-order valence-corrected chi connectivity index (χ0v) is 12.3. The largest absolute Gasteiger partial charge is 0.496 e. The van der Waals surface area contributed by atoms with E-state index in [1.165, 1.54) is 4.31 Å². The van der Waals surface area contributed by atoms with Gasteiger partial charge in [0.2, 0.25) is 10.0 Å². The number of rotatable bonds is 4. The molecule has 1 aromatic rings. The summed E-state index contributed by atoms with van der Waals surface area (Å²) < 4.78 is 30.2. The standard InChI is InChI=1S/C12H16N2O3S2/c1-17-11-4-3-9(7-10(11)12(13)18)8-14-5-2-6-19(14,15)16/h3-4,7H,2,5-6,8H2,1H3,(H2,13,18). The highest BCUT2D eigenvalue weighted by Crippen LogP contribution is 2.23. The van der Waals surface area contributed by atoms with Gasteiger partial charge in [0.25, 0.3) is 0 Å². The lowest BCUT2D eigenvalue weighted by Gasteiger charge is -2.15. The van der Waals surface area contributed by atoms with Crippen LogP contribution in [0.25, 0.3) is 0 Å². The molecule has 0 aliphatic carbocycles. The van der Waals surface area contributed by atoms with Crippen LogP contribution in [0.15, 0.2) is 18.2 Å². The van der Waals surface area contributed by atoms with E-state index < -0.39 is 10.0 Å². The maximum Gasteiger partial charge on any atom is 0.214 e. The quantitative estimate of drug-likeness (QED) is 0.835. The van der Waals surface area contributed by atoms with Gasteiger partial charge in [-0.25, -0.2) is 8.42 Å². The molecule has 0 saturated carbocycles. The fraction of sp³-hybridized carbons (Fsp3) is 0.417. The minimum atomic E-state index is -3.10. The summed E-state index contributed by atoms with van der Waals surface area (Å²) in [7, 11) is -1.55. The van der Waals surface area contributed by atoms with Crippen molar-refractivity contribution in [3.8, 4) is 5.75 Å². The molecular weight excluding hydrogens is 284 g/mol. The minimum Gasteiger partial charge on any atom is -0.496 e. The number of ether oxygens (including phenoxy) is 1. The van der Waals surface area contributed by atoms with Gasteiger partial charge in [0, 0.05) is 13.1 Å². The van der Waals surface area contributed by atoms with Gasteiger partial charge in [-0.2, -0.15) is 4.31 Å². The summed E-state index contributed by atoms with van der Waals surface area (Å²) in [4.78, 5) is 0.239. The third kappa shape index (κ3) is 3.05. The van der Waals surface area contributed by atoms with Gasteiger partial charge in [-0.15, -0.1) is 0 Å². The van der Waals surface area contributed by atoms with Gasteiger partial charge in [0.05, 0.1) is 18.4 Å². The fourth-order valence-electron chi connectivity index (χ4n) is 2.12. The summed E-state index contributed by atoms with van der Waals surface area (Å²) in [5, 5.41) is 0. The molecule has 19 heavy (non-hydrogen) atoms. The van der Waals surface area contributed by atoms with Gasteiger partial charge in [-0.05, 0) is 24.1 Å². The second kappa shape index (κ2) is 5.44. The summed E-state index contributed by atoms with van der Waals surface area (Å²) in [5.74, 6) is 0.825. The van der Waals surface area contributed by atoms with Crippen LogP contribution in [-0.2, 0) is 16.6 Å². The predicted octanol–water partition coefficient (Wildman–Crippen LogP) is 0.865. The highest BCUT2D eigenvalue weighted by molar-refractivity contribution is 7.89. The first-order valence-electron chi connectivity index (χ1n) is 5.88. The molecule has 0 spiro atoms. The second-order valence-corrected chi connectivity index (χ2v) is 6.93. The molecule has 1 aliphatic rings. The van der Waals surface area contributed by atoms with Crippen LogP contribution in [0, 0.1) is 0 Å². The van der Waals surface area contributed by atoms with E-state index in [1.807, 2.05) is 6.07 Å². The number of benzene rings is 1. The smallest absolute Gasteiger partial charge is 0.214 e. The lowest BCUT2D eigenvalue weighted by Crippen LogP contribution is -2.25. The van der Waals surface area contributed by atoms with Crippen LogP contribution in [0.4, 0.5) is 0 Å². The number of nitrogens with two attached hydrogens (primary N) is 1. The summed E-state index contributed by atoms with van der Waals surface area (Å²) in [6.07, 6.45) is 0.681. The number of thiocarbonyl (C=S) groups is 1. The van der Waals surface area contributed by atoms with Crippen LogP contribution in [0.1, 0.15) is 17.5 Å². The molecule has 1 aromatic carbocycles. The maximum atomic E-state index is 11.8. The van der Waals surface area contributed by atoms with Gasteiger partial charge < -0.3 is 10.5 Å². The molecule has 0 aromatic heterocycles. The SMILES string of the molecule is COc1ccc(CN2CCCS2(=O)=O)cc1C(N)=S. The summed E-state index contributed by atoms with van der Waals surface area (Å²) >= 11 is 4.97. The van der Waals surface area contributed by atoms with Crippen molar-refractivity contribution in [2.75, 3.05) is 19.4 Å². The van der Waals surface area contributed by atoms with Crippen molar-refractivity contribution in [1.82, 2.24) is 4.31 Å². The third-order valence-corrected chi connectivity index (χ3v) is 5.21. The molecule has 2 rings (SSSR count). The van der Waals surface area contributed by atoms with E-state index in [0.717, 1.165) is 5.56 Å². The number of sulfonamides is 1. The Hall–Kier alpha value is -1.18. The topological polar surface area (TPSA) is 72.6 Å². The molecule has 1 saturated heterocycles. The number of methoxy groups -OCH3 is 1. The average molecular weight is 300 g/mol. The van der Waals surface area contributed by atoms with Crippen LogP contribution in [-0.4, -0.2) is 37.1 Å². The molecule has 0 unspecified atom stereocenters. The van der Waals surface area contributed by atoms with E-state index in [1.54, 1.807) is 19.2 Å². The Labute approximate surface area is 118 Å². The highest BCUT2D eigenvalue weighted by Gasteiger charge is 2.28. The van der Waals surface area contributed by atoms with Crippen molar-refractivity contribution < 1.29 is 13.2 Å². The van der Waals surface area contributed by atoms with E-state index in [-0.39, 0.29) is 10.7 Å². The Morgan fingerprint density at radius 2 is 2.26 bits per heavy atom. The molecule has 0 atom stereocenters. The molecular formula is C12H16N2O3S2. The van der Waals surface area contributed by atoms with Crippen molar-refractivity contribution in [2.45, 2.75) is 13.0 Å².